The van der Waals surface area contributed by atoms with Crippen LogP contribution in [-0.4, -0.2) is 19.6 Å². The summed E-state index contributed by atoms with van der Waals surface area (Å²) in [5.74, 6) is -0.0861. The molecular weight excluding hydrogens is 250 g/mol. The van der Waals surface area contributed by atoms with E-state index in [1.807, 2.05) is 6.07 Å². The third-order valence-electron chi connectivity index (χ3n) is 3.39. The number of para-hydroxylation sites is 1. The van der Waals surface area contributed by atoms with Gasteiger partial charge in [-0.3, -0.25) is 4.79 Å². The number of unbranched alkanes of at least 4 members (excludes halogenated alkanes) is 6. The van der Waals surface area contributed by atoms with Crippen molar-refractivity contribution in [3.8, 4) is 0 Å². The van der Waals surface area contributed by atoms with Crippen molar-refractivity contribution in [3.63, 3.8) is 0 Å². The van der Waals surface area contributed by atoms with Gasteiger partial charge in [-0.05, 0) is 25.0 Å². The Morgan fingerprint density at radius 3 is 2.20 bits per heavy atom. The van der Waals surface area contributed by atoms with Crippen LogP contribution in [0.5, 0.6) is 0 Å². The van der Waals surface area contributed by atoms with Crippen molar-refractivity contribution in [2.24, 2.45) is 0 Å². The van der Waals surface area contributed by atoms with Gasteiger partial charge in [0, 0.05) is 18.7 Å². The number of benzene rings is 1. The molecule has 0 aliphatic rings. The minimum Gasteiger partial charge on any atom is -0.469 e. The molecule has 0 aliphatic carbocycles. The van der Waals surface area contributed by atoms with Gasteiger partial charge in [0.15, 0.2) is 0 Å². The highest BCUT2D eigenvalue weighted by molar-refractivity contribution is 5.68. The Morgan fingerprint density at radius 2 is 1.55 bits per heavy atom. The summed E-state index contributed by atoms with van der Waals surface area (Å²) in [6.07, 6.45) is 8.94. The molecule has 1 N–H and O–H groups in total. The smallest absolute Gasteiger partial charge is 0.305 e. The maximum Gasteiger partial charge on any atom is 0.305 e. The molecule has 1 aromatic rings. The molecular formula is C17H27NO2. The van der Waals surface area contributed by atoms with Crippen LogP contribution in [-0.2, 0) is 9.53 Å². The van der Waals surface area contributed by atoms with E-state index in [1.54, 1.807) is 0 Å². The number of rotatable bonds is 11. The summed E-state index contributed by atoms with van der Waals surface area (Å²) in [6.45, 7) is 1.05. The molecule has 0 aliphatic heterocycles. The second-order valence-electron chi connectivity index (χ2n) is 5.09. The lowest BCUT2D eigenvalue weighted by atomic mass is 10.1. The van der Waals surface area contributed by atoms with Crippen molar-refractivity contribution in [3.05, 3.63) is 30.3 Å². The van der Waals surface area contributed by atoms with E-state index >= 15 is 0 Å². The molecule has 0 aromatic heterocycles. The summed E-state index contributed by atoms with van der Waals surface area (Å²) in [7, 11) is 1.45. The molecule has 3 nitrogen and oxygen atoms in total. The third-order valence-corrected chi connectivity index (χ3v) is 3.39. The van der Waals surface area contributed by atoms with Gasteiger partial charge in [0.05, 0.1) is 7.11 Å². The lowest BCUT2D eigenvalue weighted by Gasteiger charge is -2.06. The van der Waals surface area contributed by atoms with Crippen molar-refractivity contribution in [1.82, 2.24) is 0 Å². The first-order valence-electron chi connectivity index (χ1n) is 7.68. The van der Waals surface area contributed by atoms with Crippen LogP contribution in [0.15, 0.2) is 30.3 Å². The van der Waals surface area contributed by atoms with E-state index in [1.165, 1.54) is 44.9 Å². The molecule has 0 bridgehead atoms. The lowest BCUT2D eigenvalue weighted by molar-refractivity contribution is -0.140. The number of anilines is 1. The van der Waals surface area contributed by atoms with Crippen LogP contribution in [0.4, 0.5) is 5.69 Å². The van der Waals surface area contributed by atoms with Crippen LogP contribution in [0, 0.1) is 0 Å². The topological polar surface area (TPSA) is 38.3 Å². The molecule has 0 amide bonds. The highest BCUT2D eigenvalue weighted by Crippen LogP contribution is 2.10. The van der Waals surface area contributed by atoms with E-state index in [9.17, 15) is 4.79 Å². The van der Waals surface area contributed by atoms with Crippen LogP contribution < -0.4 is 5.32 Å². The van der Waals surface area contributed by atoms with Crippen LogP contribution in [0.1, 0.15) is 51.4 Å². The number of carbonyl (C=O) groups is 1. The number of methoxy groups -OCH3 is 1. The maximum atomic E-state index is 10.9. The Hall–Kier alpha value is -1.51. The number of hydrogen-bond acceptors (Lipinski definition) is 3. The molecule has 20 heavy (non-hydrogen) atoms. The van der Waals surface area contributed by atoms with Gasteiger partial charge in [0.1, 0.15) is 0 Å². The first-order valence-corrected chi connectivity index (χ1v) is 7.68. The van der Waals surface area contributed by atoms with Gasteiger partial charge in [0.2, 0.25) is 0 Å². The number of hydrogen-bond donors (Lipinski definition) is 1. The van der Waals surface area contributed by atoms with Crippen LogP contribution in [0.25, 0.3) is 0 Å². The second-order valence-corrected chi connectivity index (χ2v) is 5.09. The van der Waals surface area contributed by atoms with Crippen LogP contribution in [0.2, 0.25) is 0 Å². The maximum absolute atomic E-state index is 10.9. The number of ether oxygens (including phenoxy) is 1. The average Bonchev–Trinajstić information content (AvgIpc) is 2.50. The lowest BCUT2D eigenvalue weighted by Crippen LogP contribution is -2.01. The number of esters is 1. The zero-order valence-corrected chi connectivity index (χ0v) is 12.6. The average molecular weight is 277 g/mol. The Morgan fingerprint density at radius 1 is 0.950 bits per heavy atom. The molecule has 1 aromatic carbocycles. The van der Waals surface area contributed by atoms with Gasteiger partial charge >= 0.3 is 5.97 Å². The van der Waals surface area contributed by atoms with E-state index < -0.39 is 0 Å². The fourth-order valence-electron chi connectivity index (χ4n) is 2.17. The first-order chi connectivity index (χ1) is 9.83. The summed E-state index contributed by atoms with van der Waals surface area (Å²) in [4.78, 5) is 10.9. The van der Waals surface area contributed by atoms with E-state index in [4.69, 9.17) is 0 Å². The summed E-state index contributed by atoms with van der Waals surface area (Å²) >= 11 is 0. The van der Waals surface area contributed by atoms with Crippen molar-refractivity contribution in [2.75, 3.05) is 19.0 Å². The quantitative estimate of drug-likeness (QED) is 0.481. The van der Waals surface area contributed by atoms with Crippen molar-refractivity contribution < 1.29 is 9.53 Å². The van der Waals surface area contributed by atoms with E-state index in [2.05, 4.69) is 34.3 Å². The molecule has 0 heterocycles. The zero-order valence-electron chi connectivity index (χ0n) is 12.6. The van der Waals surface area contributed by atoms with Gasteiger partial charge in [0.25, 0.3) is 0 Å². The SMILES string of the molecule is COC(=O)CCCCCCCCCNc1ccccc1. The van der Waals surface area contributed by atoms with Crippen LogP contribution >= 0.6 is 0 Å². The molecule has 0 saturated carbocycles. The Balaban J connectivity index is 1.82. The predicted molar refractivity (Wildman–Crippen MR) is 83.9 cm³/mol. The van der Waals surface area contributed by atoms with Gasteiger partial charge < -0.3 is 10.1 Å². The van der Waals surface area contributed by atoms with Crippen molar-refractivity contribution in [2.45, 2.75) is 51.4 Å². The molecule has 0 unspecified atom stereocenters. The first kappa shape index (κ1) is 16.5. The Kier molecular flexibility index (Phi) is 9.37. The molecule has 0 fully saturated rings. The summed E-state index contributed by atoms with van der Waals surface area (Å²) < 4.78 is 4.61. The fourth-order valence-corrected chi connectivity index (χ4v) is 2.17. The number of carbonyl (C=O) groups excluding carboxylic acids is 1. The second kappa shape index (κ2) is 11.3. The Labute approximate surface area is 122 Å². The van der Waals surface area contributed by atoms with Gasteiger partial charge in [-0.2, -0.15) is 0 Å². The molecule has 0 atom stereocenters. The predicted octanol–water partition coefficient (Wildman–Crippen LogP) is 4.39. The third kappa shape index (κ3) is 8.57. The molecule has 112 valence electrons. The zero-order chi connectivity index (χ0) is 14.5. The van der Waals surface area contributed by atoms with Gasteiger partial charge in [-0.1, -0.05) is 50.3 Å². The largest absolute Gasteiger partial charge is 0.469 e. The molecule has 3 heteroatoms. The van der Waals surface area contributed by atoms with Gasteiger partial charge in [-0.25, -0.2) is 0 Å². The van der Waals surface area contributed by atoms with Crippen molar-refractivity contribution in [1.29, 1.82) is 0 Å². The van der Waals surface area contributed by atoms with Crippen LogP contribution in [0.3, 0.4) is 0 Å². The van der Waals surface area contributed by atoms with Crippen molar-refractivity contribution >= 4 is 11.7 Å². The fraction of sp³-hybridized carbons (Fsp3) is 0.588. The highest BCUT2D eigenvalue weighted by atomic mass is 16.5. The Bertz CT molecular complexity index is 351. The monoisotopic (exact) mass is 277 g/mol. The van der Waals surface area contributed by atoms with E-state index in [0.29, 0.717) is 6.42 Å². The molecule has 0 saturated heterocycles. The summed E-state index contributed by atoms with van der Waals surface area (Å²) in [5.41, 5.74) is 1.20. The molecule has 1 rings (SSSR count). The minimum atomic E-state index is -0.0861. The normalized spacial score (nSPS) is 10.2. The molecule has 0 spiro atoms. The van der Waals surface area contributed by atoms with E-state index in [-0.39, 0.29) is 5.97 Å². The molecule has 0 radical (unpaired) electrons. The highest BCUT2D eigenvalue weighted by Gasteiger charge is 1.99. The minimum absolute atomic E-state index is 0.0861. The standard InChI is InChI=1S/C17H27NO2/c1-20-17(19)14-10-5-3-2-4-6-11-15-18-16-12-8-7-9-13-16/h7-9,12-13,18H,2-6,10-11,14-15H2,1H3. The van der Waals surface area contributed by atoms with E-state index in [0.717, 1.165) is 19.4 Å². The van der Waals surface area contributed by atoms with Gasteiger partial charge in [-0.15, -0.1) is 0 Å². The number of nitrogens with one attached hydrogen (secondary N) is 1. The summed E-state index contributed by atoms with van der Waals surface area (Å²) in [6, 6.07) is 10.3. The summed E-state index contributed by atoms with van der Waals surface area (Å²) in [5, 5.41) is 3.42.